The van der Waals surface area contributed by atoms with Crippen molar-refractivity contribution in [3.63, 3.8) is 0 Å². The maximum atomic E-state index is 13.0. The molecule has 0 unspecified atom stereocenters. The van der Waals surface area contributed by atoms with Crippen molar-refractivity contribution < 1.29 is 9.59 Å². The third kappa shape index (κ3) is 2.54. The van der Waals surface area contributed by atoms with E-state index in [2.05, 4.69) is 5.10 Å². The lowest BCUT2D eigenvalue weighted by atomic mass is 9.77. The molecule has 0 aromatic carbocycles. The fourth-order valence-corrected chi connectivity index (χ4v) is 4.06. The first kappa shape index (κ1) is 15.9. The summed E-state index contributed by atoms with van der Waals surface area (Å²) in [6.45, 7) is 2.00. The molecule has 0 saturated carbocycles. The fraction of sp³-hybridized carbons (Fsp3) is 0.500. The van der Waals surface area contributed by atoms with E-state index in [1.807, 2.05) is 53.0 Å². The highest BCUT2D eigenvalue weighted by atomic mass is 16.2. The van der Waals surface area contributed by atoms with Gasteiger partial charge in [0.25, 0.3) is 5.91 Å². The van der Waals surface area contributed by atoms with Crippen LogP contribution in [-0.2, 0) is 18.9 Å². The maximum Gasteiger partial charge on any atom is 0.270 e. The second-order valence-electron chi connectivity index (χ2n) is 7.16. The smallest absolute Gasteiger partial charge is 0.270 e. The predicted octanol–water partition coefficient (Wildman–Crippen LogP) is 1.42. The van der Waals surface area contributed by atoms with Gasteiger partial charge in [0.15, 0.2) is 0 Å². The summed E-state index contributed by atoms with van der Waals surface area (Å²) in [5.41, 5.74) is 1.25. The first-order valence-electron chi connectivity index (χ1n) is 8.71. The van der Waals surface area contributed by atoms with E-state index in [1.54, 1.807) is 10.9 Å². The molecule has 2 aliphatic rings. The van der Waals surface area contributed by atoms with Crippen LogP contribution in [0.1, 0.15) is 29.8 Å². The molecule has 7 heteroatoms. The first-order chi connectivity index (χ1) is 12.0. The zero-order valence-electron chi connectivity index (χ0n) is 14.7. The van der Waals surface area contributed by atoms with Gasteiger partial charge in [-0.25, -0.2) is 0 Å². The number of aromatic nitrogens is 3. The molecule has 2 aromatic rings. The second-order valence-corrected chi connectivity index (χ2v) is 7.16. The van der Waals surface area contributed by atoms with Crippen LogP contribution in [0, 0.1) is 5.41 Å². The number of nitrogens with zero attached hydrogens (tertiary/aromatic N) is 5. The molecule has 4 rings (SSSR count). The van der Waals surface area contributed by atoms with Crippen LogP contribution in [0.15, 0.2) is 30.7 Å². The standard InChI is InChI=1S/C18H23N5O2/c1-20-8-3-4-15(20)16(24)22-9-5-18(6-10-22)7-11-23(17(18)25)14-12-19-21(2)13-14/h3-4,8,12-13H,5-7,9-11H2,1-2H3. The lowest BCUT2D eigenvalue weighted by Gasteiger charge is -2.37. The lowest BCUT2D eigenvalue weighted by Crippen LogP contribution is -2.47. The second kappa shape index (κ2) is 5.75. The normalized spacial score (nSPS) is 19.8. The van der Waals surface area contributed by atoms with Gasteiger partial charge < -0.3 is 14.4 Å². The minimum Gasteiger partial charge on any atom is -0.347 e. The highest BCUT2D eigenvalue weighted by Crippen LogP contribution is 2.43. The third-order valence-electron chi connectivity index (χ3n) is 5.69. The Morgan fingerprint density at radius 3 is 2.48 bits per heavy atom. The van der Waals surface area contributed by atoms with Crippen molar-refractivity contribution in [1.29, 1.82) is 0 Å². The minimum atomic E-state index is -0.319. The van der Waals surface area contributed by atoms with Gasteiger partial charge in [0, 0.05) is 46.1 Å². The van der Waals surface area contributed by atoms with Crippen LogP contribution in [0.5, 0.6) is 0 Å². The van der Waals surface area contributed by atoms with Crippen LogP contribution in [-0.4, -0.2) is 50.7 Å². The number of amides is 2. The summed E-state index contributed by atoms with van der Waals surface area (Å²) >= 11 is 0. The highest BCUT2D eigenvalue weighted by molar-refractivity contribution is 6.00. The molecule has 0 N–H and O–H groups in total. The Morgan fingerprint density at radius 1 is 1.16 bits per heavy atom. The van der Waals surface area contributed by atoms with E-state index in [1.165, 1.54) is 0 Å². The number of hydrogen-bond donors (Lipinski definition) is 0. The Kier molecular flexibility index (Phi) is 3.67. The monoisotopic (exact) mass is 341 g/mol. The molecule has 2 fully saturated rings. The lowest BCUT2D eigenvalue weighted by molar-refractivity contribution is -0.127. The molecule has 0 aliphatic carbocycles. The molecule has 0 bridgehead atoms. The molecule has 2 amide bonds. The molecular formula is C18H23N5O2. The molecule has 132 valence electrons. The van der Waals surface area contributed by atoms with Gasteiger partial charge >= 0.3 is 0 Å². The largest absolute Gasteiger partial charge is 0.347 e. The summed E-state index contributed by atoms with van der Waals surface area (Å²) in [7, 11) is 3.73. The molecule has 2 aromatic heterocycles. The number of aryl methyl sites for hydroxylation is 2. The zero-order chi connectivity index (χ0) is 17.6. The topological polar surface area (TPSA) is 63.4 Å². The Labute approximate surface area is 146 Å². The van der Waals surface area contributed by atoms with Gasteiger partial charge in [-0.2, -0.15) is 5.10 Å². The Balaban J connectivity index is 1.45. The molecule has 1 spiro atoms. The number of piperidine rings is 1. The highest BCUT2D eigenvalue weighted by Gasteiger charge is 2.49. The van der Waals surface area contributed by atoms with Crippen LogP contribution in [0.3, 0.4) is 0 Å². The molecule has 7 nitrogen and oxygen atoms in total. The van der Waals surface area contributed by atoms with Crippen LogP contribution in [0.25, 0.3) is 0 Å². The number of carbonyl (C=O) groups excluding carboxylic acids is 2. The number of carbonyl (C=O) groups is 2. The van der Waals surface area contributed by atoms with Gasteiger partial charge in [-0.1, -0.05) is 0 Å². The van der Waals surface area contributed by atoms with Crippen LogP contribution < -0.4 is 4.90 Å². The van der Waals surface area contributed by atoms with Gasteiger partial charge in [-0.15, -0.1) is 0 Å². The summed E-state index contributed by atoms with van der Waals surface area (Å²) in [6, 6.07) is 3.72. The number of anilines is 1. The van der Waals surface area contributed by atoms with Gasteiger partial charge in [0.2, 0.25) is 5.91 Å². The van der Waals surface area contributed by atoms with Crippen LogP contribution in [0.4, 0.5) is 5.69 Å². The van der Waals surface area contributed by atoms with E-state index in [-0.39, 0.29) is 17.2 Å². The minimum absolute atomic E-state index is 0.0527. The van der Waals surface area contributed by atoms with E-state index in [0.29, 0.717) is 18.8 Å². The first-order valence-corrected chi connectivity index (χ1v) is 8.71. The summed E-state index contributed by atoms with van der Waals surface area (Å²) in [5.74, 6) is 0.239. The van der Waals surface area contributed by atoms with Crippen LogP contribution >= 0.6 is 0 Å². The van der Waals surface area contributed by atoms with Gasteiger partial charge in [-0.3, -0.25) is 14.3 Å². The van der Waals surface area contributed by atoms with Crippen molar-refractivity contribution in [2.24, 2.45) is 19.5 Å². The molecule has 2 saturated heterocycles. The van der Waals surface area contributed by atoms with Crippen molar-refractivity contribution in [2.45, 2.75) is 19.3 Å². The van der Waals surface area contributed by atoms with E-state index >= 15 is 0 Å². The van der Waals surface area contributed by atoms with Crippen LogP contribution in [0.2, 0.25) is 0 Å². The Hall–Kier alpha value is -2.57. The molecule has 0 atom stereocenters. The van der Waals surface area contributed by atoms with Crippen molar-refractivity contribution >= 4 is 17.5 Å². The number of likely N-dealkylation sites (tertiary alicyclic amines) is 1. The number of hydrogen-bond acceptors (Lipinski definition) is 3. The van der Waals surface area contributed by atoms with E-state index in [4.69, 9.17) is 0 Å². The van der Waals surface area contributed by atoms with E-state index < -0.39 is 0 Å². The molecule has 4 heterocycles. The van der Waals surface area contributed by atoms with Crippen molar-refractivity contribution in [1.82, 2.24) is 19.2 Å². The molecule has 25 heavy (non-hydrogen) atoms. The average molecular weight is 341 g/mol. The van der Waals surface area contributed by atoms with Gasteiger partial charge in [0.1, 0.15) is 5.69 Å². The summed E-state index contributed by atoms with van der Waals surface area (Å²) in [6.07, 6.45) is 7.82. The van der Waals surface area contributed by atoms with E-state index in [9.17, 15) is 9.59 Å². The predicted molar refractivity (Wildman–Crippen MR) is 93.2 cm³/mol. The average Bonchev–Trinajstić information content (AvgIpc) is 3.29. The zero-order valence-corrected chi connectivity index (χ0v) is 14.7. The Bertz CT molecular complexity index is 813. The summed E-state index contributed by atoms with van der Waals surface area (Å²) < 4.78 is 3.56. The van der Waals surface area contributed by atoms with E-state index in [0.717, 1.165) is 31.5 Å². The molecular weight excluding hydrogens is 318 g/mol. The van der Waals surface area contributed by atoms with Gasteiger partial charge in [-0.05, 0) is 31.4 Å². The van der Waals surface area contributed by atoms with Crippen molar-refractivity contribution in [3.05, 3.63) is 36.4 Å². The quantitative estimate of drug-likeness (QED) is 0.830. The SMILES string of the molecule is Cn1cc(N2CCC3(CCN(C(=O)c4cccn4C)CC3)C2=O)cn1. The fourth-order valence-electron chi connectivity index (χ4n) is 4.06. The van der Waals surface area contributed by atoms with Crippen molar-refractivity contribution in [3.8, 4) is 0 Å². The number of rotatable bonds is 2. The maximum absolute atomic E-state index is 13.0. The third-order valence-corrected chi connectivity index (χ3v) is 5.69. The molecule has 2 aliphatic heterocycles. The Morgan fingerprint density at radius 2 is 1.88 bits per heavy atom. The van der Waals surface area contributed by atoms with Crippen molar-refractivity contribution in [2.75, 3.05) is 24.5 Å². The summed E-state index contributed by atoms with van der Waals surface area (Å²) in [4.78, 5) is 29.4. The molecule has 0 radical (unpaired) electrons. The van der Waals surface area contributed by atoms with Gasteiger partial charge in [0.05, 0.1) is 17.3 Å². The summed E-state index contributed by atoms with van der Waals surface area (Å²) in [5, 5.41) is 4.17.